The Morgan fingerprint density at radius 2 is 2.05 bits per heavy atom. The highest BCUT2D eigenvalue weighted by molar-refractivity contribution is 7.98. The molecule has 6 heteroatoms. The zero-order valence-corrected chi connectivity index (χ0v) is 12.8. The maximum Gasteiger partial charge on any atom is 0.191 e. The molecule has 2 aromatic rings. The molecule has 1 aliphatic rings. The molecule has 108 valence electrons. The van der Waals surface area contributed by atoms with Crippen LogP contribution < -0.4 is 0 Å². The Labute approximate surface area is 123 Å². The van der Waals surface area contributed by atoms with Crippen LogP contribution in [0.2, 0.25) is 0 Å². The summed E-state index contributed by atoms with van der Waals surface area (Å²) < 4.78 is 7.56. The first-order valence-corrected chi connectivity index (χ1v) is 8.19. The van der Waals surface area contributed by atoms with E-state index in [4.69, 9.17) is 4.52 Å². The van der Waals surface area contributed by atoms with E-state index in [1.54, 1.807) is 11.8 Å². The minimum absolute atomic E-state index is 0.567. The summed E-state index contributed by atoms with van der Waals surface area (Å²) in [6.07, 6.45) is 6.47. The van der Waals surface area contributed by atoms with E-state index in [1.165, 1.54) is 32.1 Å². The van der Waals surface area contributed by atoms with Crippen molar-refractivity contribution in [2.45, 2.75) is 62.9 Å². The van der Waals surface area contributed by atoms with Crippen molar-refractivity contribution in [3.05, 3.63) is 23.3 Å². The lowest BCUT2D eigenvalue weighted by molar-refractivity contribution is 0.331. The van der Waals surface area contributed by atoms with Crippen LogP contribution in [-0.4, -0.2) is 19.9 Å². The molecule has 0 aliphatic heterocycles. The van der Waals surface area contributed by atoms with Gasteiger partial charge in [-0.3, -0.25) is 0 Å². The Hall–Kier alpha value is -1.30. The summed E-state index contributed by atoms with van der Waals surface area (Å²) >= 11 is 1.68. The molecule has 0 radical (unpaired) electrons. The summed E-state index contributed by atoms with van der Waals surface area (Å²) in [4.78, 5) is 0. The van der Waals surface area contributed by atoms with Gasteiger partial charge in [-0.25, -0.2) is 0 Å². The number of hydrogen-bond donors (Lipinski definition) is 0. The van der Waals surface area contributed by atoms with E-state index in [-0.39, 0.29) is 0 Å². The molecule has 0 saturated heterocycles. The lowest BCUT2D eigenvalue weighted by atomic mass is 9.95. The molecule has 0 aromatic carbocycles. The first-order valence-electron chi connectivity index (χ1n) is 7.20. The predicted octanol–water partition coefficient (Wildman–Crippen LogP) is 3.68. The zero-order valence-electron chi connectivity index (χ0n) is 12.0. The maximum atomic E-state index is 5.25. The quantitative estimate of drug-likeness (QED) is 0.805. The van der Waals surface area contributed by atoms with Gasteiger partial charge in [-0.1, -0.05) is 36.2 Å². The molecule has 0 atom stereocenters. The van der Waals surface area contributed by atoms with Crippen molar-refractivity contribution in [3.8, 4) is 0 Å². The third-order valence-corrected chi connectivity index (χ3v) is 4.76. The summed E-state index contributed by atoms with van der Waals surface area (Å²) in [5.41, 5.74) is 0.922. The van der Waals surface area contributed by atoms with Crippen LogP contribution in [0.25, 0.3) is 0 Å². The number of nitrogens with zero attached hydrogens (tertiary/aromatic N) is 4. The van der Waals surface area contributed by atoms with Crippen LogP contribution in [0.15, 0.2) is 15.7 Å². The van der Waals surface area contributed by atoms with Crippen LogP contribution >= 0.6 is 11.8 Å². The molecule has 0 amide bonds. The van der Waals surface area contributed by atoms with Gasteiger partial charge in [-0.15, -0.1) is 10.2 Å². The molecular formula is C14H20N4OS. The Bertz CT molecular complexity index is 571. The molecule has 1 fully saturated rings. The van der Waals surface area contributed by atoms with E-state index < -0.39 is 0 Å². The number of thioether (sulfide) groups is 1. The van der Waals surface area contributed by atoms with Crippen LogP contribution in [0.1, 0.15) is 55.4 Å². The molecule has 0 unspecified atom stereocenters. The van der Waals surface area contributed by atoms with Gasteiger partial charge in [0.15, 0.2) is 5.16 Å². The van der Waals surface area contributed by atoms with Gasteiger partial charge in [-0.05, 0) is 26.7 Å². The van der Waals surface area contributed by atoms with Crippen molar-refractivity contribution in [1.82, 2.24) is 19.9 Å². The van der Waals surface area contributed by atoms with Crippen LogP contribution in [0.5, 0.6) is 0 Å². The van der Waals surface area contributed by atoms with Gasteiger partial charge in [0.2, 0.25) is 0 Å². The normalized spacial score (nSPS) is 16.7. The van der Waals surface area contributed by atoms with Gasteiger partial charge in [-0.2, -0.15) is 0 Å². The van der Waals surface area contributed by atoms with Gasteiger partial charge in [0.25, 0.3) is 0 Å². The lowest BCUT2D eigenvalue weighted by Crippen LogP contribution is -2.15. The summed E-state index contributed by atoms with van der Waals surface area (Å²) in [7, 11) is 0. The second kappa shape index (κ2) is 5.99. The summed E-state index contributed by atoms with van der Waals surface area (Å²) in [6.45, 7) is 3.98. The molecule has 0 N–H and O–H groups in total. The highest BCUT2D eigenvalue weighted by atomic mass is 32.2. The summed E-state index contributed by atoms with van der Waals surface area (Å²) in [5.74, 6) is 2.67. The Kier molecular flexibility index (Phi) is 4.10. The molecule has 1 aliphatic carbocycles. The third kappa shape index (κ3) is 2.90. The fraction of sp³-hybridized carbons (Fsp3) is 0.643. The van der Waals surface area contributed by atoms with Gasteiger partial charge in [0.05, 0.1) is 11.4 Å². The number of aryl methyl sites for hydroxylation is 2. The Balaban J connectivity index is 1.72. The molecule has 0 spiro atoms. The molecule has 20 heavy (non-hydrogen) atoms. The SMILES string of the molecule is Cc1cc(CSc2nnc(C)n2C2CCCCC2)on1. The zero-order chi connectivity index (χ0) is 13.9. The van der Waals surface area contributed by atoms with Gasteiger partial charge in [0.1, 0.15) is 11.6 Å². The lowest BCUT2D eigenvalue weighted by Gasteiger charge is -2.24. The van der Waals surface area contributed by atoms with E-state index in [0.717, 1.165) is 28.2 Å². The first-order chi connectivity index (χ1) is 9.74. The van der Waals surface area contributed by atoms with Crippen LogP contribution in [-0.2, 0) is 5.75 Å². The van der Waals surface area contributed by atoms with Crippen molar-refractivity contribution >= 4 is 11.8 Å². The van der Waals surface area contributed by atoms with Gasteiger partial charge >= 0.3 is 0 Å². The molecule has 2 heterocycles. The molecule has 3 rings (SSSR count). The minimum atomic E-state index is 0.567. The number of hydrogen-bond acceptors (Lipinski definition) is 5. The van der Waals surface area contributed by atoms with E-state index in [2.05, 4.69) is 19.9 Å². The minimum Gasteiger partial charge on any atom is -0.360 e. The van der Waals surface area contributed by atoms with Crippen LogP contribution in [0, 0.1) is 13.8 Å². The fourth-order valence-electron chi connectivity index (χ4n) is 2.83. The highest BCUT2D eigenvalue weighted by Gasteiger charge is 2.21. The van der Waals surface area contributed by atoms with E-state index in [9.17, 15) is 0 Å². The average Bonchev–Trinajstić information content (AvgIpc) is 3.03. The molecule has 5 nitrogen and oxygen atoms in total. The van der Waals surface area contributed by atoms with E-state index in [0.29, 0.717) is 6.04 Å². The fourth-order valence-corrected chi connectivity index (χ4v) is 3.75. The van der Waals surface area contributed by atoms with Gasteiger partial charge < -0.3 is 9.09 Å². The smallest absolute Gasteiger partial charge is 0.191 e. The second-order valence-corrected chi connectivity index (χ2v) is 6.36. The second-order valence-electron chi connectivity index (χ2n) is 5.41. The maximum absolute atomic E-state index is 5.25. The standard InChI is InChI=1S/C14H20N4OS/c1-10-8-13(19-17-10)9-20-14-16-15-11(2)18(14)12-6-4-3-5-7-12/h8,12H,3-7,9H2,1-2H3. The van der Waals surface area contributed by atoms with Crippen molar-refractivity contribution in [1.29, 1.82) is 0 Å². The van der Waals surface area contributed by atoms with Crippen LogP contribution in [0.4, 0.5) is 0 Å². The average molecular weight is 292 g/mol. The summed E-state index contributed by atoms with van der Waals surface area (Å²) in [6, 6.07) is 2.54. The molecular weight excluding hydrogens is 272 g/mol. The van der Waals surface area contributed by atoms with Crippen molar-refractivity contribution in [2.75, 3.05) is 0 Å². The largest absolute Gasteiger partial charge is 0.360 e. The van der Waals surface area contributed by atoms with Crippen molar-refractivity contribution in [3.63, 3.8) is 0 Å². The molecule has 1 saturated carbocycles. The third-order valence-electron chi connectivity index (χ3n) is 3.80. The summed E-state index contributed by atoms with van der Waals surface area (Å²) in [5, 5.41) is 13.5. The number of aromatic nitrogens is 4. The van der Waals surface area contributed by atoms with E-state index in [1.807, 2.05) is 19.9 Å². The van der Waals surface area contributed by atoms with Crippen molar-refractivity contribution < 1.29 is 4.52 Å². The highest BCUT2D eigenvalue weighted by Crippen LogP contribution is 2.33. The van der Waals surface area contributed by atoms with E-state index >= 15 is 0 Å². The first kappa shape index (κ1) is 13.7. The Morgan fingerprint density at radius 1 is 1.25 bits per heavy atom. The van der Waals surface area contributed by atoms with Crippen molar-refractivity contribution in [2.24, 2.45) is 0 Å². The molecule has 0 bridgehead atoms. The topological polar surface area (TPSA) is 56.7 Å². The monoisotopic (exact) mass is 292 g/mol. The molecule has 2 aromatic heterocycles. The Morgan fingerprint density at radius 3 is 2.75 bits per heavy atom. The van der Waals surface area contributed by atoms with Gasteiger partial charge in [0, 0.05) is 12.1 Å². The predicted molar refractivity (Wildman–Crippen MR) is 77.7 cm³/mol. The van der Waals surface area contributed by atoms with Crippen LogP contribution in [0.3, 0.4) is 0 Å². The number of rotatable bonds is 4.